The van der Waals surface area contributed by atoms with Crippen molar-refractivity contribution in [1.29, 1.82) is 0 Å². The maximum absolute atomic E-state index is 12.3. The van der Waals surface area contributed by atoms with Crippen LogP contribution in [0.2, 0.25) is 0 Å². The van der Waals surface area contributed by atoms with Gasteiger partial charge in [-0.1, -0.05) is 37.3 Å². The van der Waals surface area contributed by atoms with Gasteiger partial charge in [-0.3, -0.25) is 4.79 Å². The van der Waals surface area contributed by atoms with Crippen LogP contribution in [-0.4, -0.2) is 29.7 Å². The van der Waals surface area contributed by atoms with Gasteiger partial charge in [0, 0.05) is 12.5 Å². The number of carbonyl (C=O) groups is 2. The molecule has 2 rings (SSSR count). The molecule has 1 aliphatic rings. The number of nitrogens with one attached hydrogen (secondary N) is 1. The van der Waals surface area contributed by atoms with Gasteiger partial charge in [-0.25, -0.2) is 4.79 Å². The Hall–Kier alpha value is -1.88. The molecule has 0 aromatic heterocycles. The van der Waals surface area contributed by atoms with Crippen LogP contribution in [-0.2, 0) is 14.3 Å². The number of rotatable bonds is 5. The highest BCUT2D eigenvalue weighted by Crippen LogP contribution is 2.23. The summed E-state index contributed by atoms with van der Waals surface area (Å²) in [5.41, 5.74) is 0.581. The fourth-order valence-corrected chi connectivity index (χ4v) is 2.60. The summed E-state index contributed by atoms with van der Waals surface area (Å²) in [5.74, 6) is -1.42. The van der Waals surface area contributed by atoms with Crippen LogP contribution < -0.4 is 5.32 Å². The summed E-state index contributed by atoms with van der Waals surface area (Å²) >= 11 is 0. The number of carboxylic acid groups (broad SMARTS) is 1. The smallest absolute Gasteiger partial charge is 0.330 e. The monoisotopic (exact) mass is 291 g/mol. The van der Waals surface area contributed by atoms with E-state index < -0.39 is 12.0 Å². The number of carboxylic acids is 1. The maximum atomic E-state index is 12.3. The van der Waals surface area contributed by atoms with E-state index in [0.29, 0.717) is 25.0 Å². The molecule has 0 spiro atoms. The summed E-state index contributed by atoms with van der Waals surface area (Å²) < 4.78 is 5.55. The minimum Gasteiger partial charge on any atom is -0.479 e. The molecule has 1 aliphatic heterocycles. The number of ether oxygens (including phenoxy) is 1. The van der Waals surface area contributed by atoms with Crippen molar-refractivity contribution in [2.24, 2.45) is 5.92 Å². The number of carbonyl (C=O) groups excluding carboxylic acids is 1. The standard InChI is InChI=1S/C16H21NO4/c1-2-13-10-12(8-9-21-13)15(18)17-14(16(19)20)11-6-4-3-5-7-11/h3-7,12-14H,2,8-10H2,1H3,(H,17,18)(H,19,20)/t12?,13?,14-/m1/s1. The van der Waals surface area contributed by atoms with Crippen molar-refractivity contribution in [3.63, 3.8) is 0 Å². The molecule has 0 saturated carbocycles. The molecule has 1 saturated heterocycles. The highest BCUT2D eigenvalue weighted by atomic mass is 16.5. The summed E-state index contributed by atoms with van der Waals surface area (Å²) in [6.45, 7) is 2.58. The van der Waals surface area contributed by atoms with Crippen LogP contribution in [0.4, 0.5) is 0 Å². The molecule has 3 atom stereocenters. The minimum absolute atomic E-state index is 0.0921. The third-order valence-electron chi connectivity index (χ3n) is 3.86. The number of aliphatic carboxylic acids is 1. The van der Waals surface area contributed by atoms with E-state index in [-0.39, 0.29) is 17.9 Å². The molecule has 1 amide bonds. The van der Waals surface area contributed by atoms with Gasteiger partial charge in [-0.05, 0) is 24.8 Å². The first kappa shape index (κ1) is 15.5. The second-order valence-corrected chi connectivity index (χ2v) is 5.31. The largest absolute Gasteiger partial charge is 0.479 e. The van der Waals surface area contributed by atoms with E-state index in [0.717, 1.165) is 6.42 Å². The normalized spacial score (nSPS) is 23.3. The predicted octanol–water partition coefficient (Wildman–Crippen LogP) is 2.13. The average molecular weight is 291 g/mol. The molecule has 1 aromatic carbocycles. The summed E-state index contributed by atoms with van der Waals surface area (Å²) in [6, 6.07) is 7.75. The van der Waals surface area contributed by atoms with Crippen molar-refractivity contribution < 1.29 is 19.4 Å². The molecule has 0 aliphatic carbocycles. The summed E-state index contributed by atoms with van der Waals surface area (Å²) in [4.78, 5) is 23.7. The molecule has 1 heterocycles. The van der Waals surface area contributed by atoms with Crippen LogP contribution in [0.3, 0.4) is 0 Å². The zero-order valence-corrected chi connectivity index (χ0v) is 12.1. The Labute approximate surface area is 124 Å². The van der Waals surface area contributed by atoms with Crippen molar-refractivity contribution in [2.45, 2.75) is 38.3 Å². The Morgan fingerprint density at radius 2 is 2.10 bits per heavy atom. The number of hydrogen-bond acceptors (Lipinski definition) is 3. The molecule has 0 bridgehead atoms. The van der Waals surface area contributed by atoms with E-state index in [1.165, 1.54) is 0 Å². The minimum atomic E-state index is -1.05. The Balaban J connectivity index is 2.03. The lowest BCUT2D eigenvalue weighted by Crippen LogP contribution is -2.41. The molecule has 2 N–H and O–H groups in total. The topological polar surface area (TPSA) is 75.6 Å². The number of hydrogen-bond donors (Lipinski definition) is 2. The van der Waals surface area contributed by atoms with Gasteiger partial charge in [0.15, 0.2) is 6.04 Å². The zero-order valence-electron chi connectivity index (χ0n) is 12.1. The van der Waals surface area contributed by atoms with Gasteiger partial charge in [-0.15, -0.1) is 0 Å². The number of benzene rings is 1. The lowest BCUT2D eigenvalue weighted by molar-refractivity contribution is -0.143. The van der Waals surface area contributed by atoms with E-state index in [1.54, 1.807) is 24.3 Å². The van der Waals surface area contributed by atoms with Gasteiger partial charge in [0.05, 0.1) is 6.10 Å². The van der Waals surface area contributed by atoms with E-state index in [2.05, 4.69) is 5.32 Å². The summed E-state index contributed by atoms with van der Waals surface area (Å²) in [6.07, 6.45) is 2.26. The fourth-order valence-electron chi connectivity index (χ4n) is 2.60. The van der Waals surface area contributed by atoms with Crippen LogP contribution in [0.5, 0.6) is 0 Å². The van der Waals surface area contributed by atoms with E-state index in [1.807, 2.05) is 13.0 Å². The van der Waals surface area contributed by atoms with E-state index in [4.69, 9.17) is 4.74 Å². The first-order valence-electron chi connectivity index (χ1n) is 7.31. The molecular formula is C16H21NO4. The molecule has 21 heavy (non-hydrogen) atoms. The first-order valence-corrected chi connectivity index (χ1v) is 7.31. The molecule has 5 heteroatoms. The lowest BCUT2D eigenvalue weighted by Gasteiger charge is -2.29. The molecule has 5 nitrogen and oxygen atoms in total. The van der Waals surface area contributed by atoms with Gasteiger partial charge in [-0.2, -0.15) is 0 Å². The van der Waals surface area contributed by atoms with E-state index in [9.17, 15) is 14.7 Å². The first-order chi connectivity index (χ1) is 10.1. The van der Waals surface area contributed by atoms with Crippen LogP contribution in [0.1, 0.15) is 37.8 Å². The van der Waals surface area contributed by atoms with Gasteiger partial charge in [0.1, 0.15) is 0 Å². The van der Waals surface area contributed by atoms with Crippen molar-refractivity contribution in [3.05, 3.63) is 35.9 Å². The lowest BCUT2D eigenvalue weighted by atomic mass is 9.93. The number of amides is 1. The molecule has 2 unspecified atom stereocenters. The van der Waals surface area contributed by atoms with Crippen LogP contribution in [0, 0.1) is 5.92 Å². The van der Waals surface area contributed by atoms with Crippen molar-refractivity contribution in [1.82, 2.24) is 5.32 Å². The van der Waals surface area contributed by atoms with Crippen LogP contribution in [0.15, 0.2) is 30.3 Å². The predicted molar refractivity (Wildman–Crippen MR) is 77.7 cm³/mol. The van der Waals surface area contributed by atoms with Gasteiger partial charge in [0.2, 0.25) is 5.91 Å². The van der Waals surface area contributed by atoms with E-state index >= 15 is 0 Å². The Kier molecular flexibility index (Phi) is 5.33. The Morgan fingerprint density at radius 3 is 2.71 bits per heavy atom. The summed E-state index contributed by atoms with van der Waals surface area (Å²) in [5, 5.41) is 12.0. The van der Waals surface area contributed by atoms with Crippen LogP contribution in [0.25, 0.3) is 0 Å². The SMILES string of the molecule is CCC1CC(C(=O)N[C@@H](C(=O)O)c2ccccc2)CCO1. The van der Waals surface area contributed by atoms with Gasteiger partial charge >= 0.3 is 5.97 Å². The quantitative estimate of drug-likeness (QED) is 0.871. The molecule has 114 valence electrons. The Bertz CT molecular complexity index is 488. The third-order valence-corrected chi connectivity index (χ3v) is 3.86. The second-order valence-electron chi connectivity index (χ2n) is 5.31. The maximum Gasteiger partial charge on any atom is 0.330 e. The Morgan fingerprint density at radius 1 is 1.38 bits per heavy atom. The average Bonchev–Trinajstić information content (AvgIpc) is 2.53. The third kappa shape index (κ3) is 4.04. The van der Waals surface area contributed by atoms with Crippen molar-refractivity contribution >= 4 is 11.9 Å². The van der Waals surface area contributed by atoms with Crippen LogP contribution >= 0.6 is 0 Å². The fraction of sp³-hybridized carbons (Fsp3) is 0.500. The zero-order chi connectivity index (χ0) is 15.2. The molecule has 1 aromatic rings. The second kappa shape index (κ2) is 7.22. The van der Waals surface area contributed by atoms with Crippen molar-refractivity contribution in [2.75, 3.05) is 6.61 Å². The highest BCUT2D eigenvalue weighted by Gasteiger charge is 2.30. The van der Waals surface area contributed by atoms with Crippen molar-refractivity contribution in [3.8, 4) is 0 Å². The molecule has 1 fully saturated rings. The summed E-state index contributed by atoms with van der Waals surface area (Å²) in [7, 11) is 0. The van der Waals surface area contributed by atoms with Gasteiger partial charge in [0.25, 0.3) is 0 Å². The highest BCUT2D eigenvalue weighted by molar-refractivity contribution is 5.85. The molecular weight excluding hydrogens is 270 g/mol. The van der Waals surface area contributed by atoms with Gasteiger partial charge < -0.3 is 15.2 Å². The molecule has 0 radical (unpaired) electrons.